The molecule has 106 valence electrons. The van der Waals surface area contributed by atoms with Crippen LogP contribution in [-0.4, -0.2) is 37.1 Å². The van der Waals surface area contributed by atoms with E-state index < -0.39 is 15.3 Å². The number of sulfonamides is 1. The van der Waals surface area contributed by atoms with Crippen LogP contribution in [0, 0.1) is 0 Å². The molecule has 2 atom stereocenters. The smallest absolute Gasteiger partial charge is 0.224 e. The van der Waals surface area contributed by atoms with Gasteiger partial charge in [0, 0.05) is 19.0 Å². The molecular formula is C12H24N2O3S. The van der Waals surface area contributed by atoms with Gasteiger partial charge in [0.15, 0.2) is 0 Å². The number of hydrogen-bond acceptors (Lipinski definition) is 3. The normalized spacial score (nSPS) is 22.5. The lowest BCUT2D eigenvalue weighted by atomic mass is 10.1. The molecule has 6 heteroatoms. The van der Waals surface area contributed by atoms with Crippen molar-refractivity contribution < 1.29 is 13.2 Å². The Balaban J connectivity index is 2.44. The zero-order valence-electron chi connectivity index (χ0n) is 11.3. The Morgan fingerprint density at radius 1 is 1.39 bits per heavy atom. The highest BCUT2D eigenvalue weighted by atomic mass is 32.2. The summed E-state index contributed by atoms with van der Waals surface area (Å²) in [7, 11) is -3.59. The molecule has 1 rings (SSSR count). The van der Waals surface area contributed by atoms with Crippen molar-refractivity contribution in [1.29, 1.82) is 0 Å². The van der Waals surface area contributed by atoms with Gasteiger partial charge in [-0.15, -0.1) is 0 Å². The summed E-state index contributed by atoms with van der Waals surface area (Å²) in [6.07, 6.45) is 5.62. The van der Waals surface area contributed by atoms with E-state index in [0.717, 1.165) is 12.8 Å². The van der Waals surface area contributed by atoms with Gasteiger partial charge >= 0.3 is 0 Å². The first kappa shape index (κ1) is 15.4. The van der Waals surface area contributed by atoms with Gasteiger partial charge in [-0.1, -0.05) is 32.6 Å². The molecule has 1 aliphatic rings. The van der Waals surface area contributed by atoms with Crippen LogP contribution in [0.25, 0.3) is 0 Å². The van der Waals surface area contributed by atoms with Crippen LogP contribution in [0.5, 0.6) is 0 Å². The fraction of sp³-hybridized carbons (Fsp3) is 0.917. The molecular weight excluding hydrogens is 252 g/mol. The molecule has 0 bridgehead atoms. The van der Waals surface area contributed by atoms with Gasteiger partial charge < -0.3 is 4.90 Å². The summed E-state index contributed by atoms with van der Waals surface area (Å²) in [4.78, 5) is 13.4. The molecule has 0 spiro atoms. The monoisotopic (exact) mass is 276 g/mol. The summed E-state index contributed by atoms with van der Waals surface area (Å²) < 4.78 is 22.5. The number of primary sulfonamides is 1. The standard InChI is InChI=1S/C12H24N2O3S/c1-3-4-5-6-7-10(2)14-9-11(8-12(14)15)18(13,16)17/h10-11H,3-9H2,1-2H3,(H2,13,16,17). The average Bonchev–Trinajstić information content (AvgIpc) is 2.66. The SMILES string of the molecule is CCCCCCC(C)N1CC(S(N)(=O)=O)CC1=O. The molecule has 1 heterocycles. The zero-order valence-corrected chi connectivity index (χ0v) is 12.1. The summed E-state index contributed by atoms with van der Waals surface area (Å²) in [5.74, 6) is -0.0861. The van der Waals surface area contributed by atoms with Crippen molar-refractivity contribution in [2.24, 2.45) is 5.14 Å². The third-order valence-electron chi connectivity index (χ3n) is 3.60. The molecule has 1 amide bonds. The second kappa shape index (κ2) is 6.52. The predicted molar refractivity (Wildman–Crippen MR) is 71.4 cm³/mol. The van der Waals surface area contributed by atoms with Crippen LogP contribution in [0.2, 0.25) is 0 Å². The first-order valence-corrected chi connectivity index (χ1v) is 8.28. The average molecular weight is 276 g/mol. The summed E-state index contributed by atoms with van der Waals surface area (Å²) in [6.45, 7) is 4.39. The molecule has 0 aromatic rings. The van der Waals surface area contributed by atoms with Crippen molar-refractivity contribution in [3.8, 4) is 0 Å². The Morgan fingerprint density at radius 3 is 2.56 bits per heavy atom. The van der Waals surface area contributed by atoms with Crippen LogP contribution < -0.4 is 5.14 Å². The number of unbranched alkanes of at least 4 members (excludes halogenated alkanes) is 3. The minimum atomic E-state index is -3.59. The molecule has 2 N–H and O–H groups in total. The summed E-state index contributed by atoms with van der Waals surface area (Å²) in [5, 5.41) is 4.38. The van der Waals surface area contributed by atoms with E-state index in [0.29, 0.717) is 0 Å². The molecule has 5 nitrogen and oxygen atoms in total. The van der Waals surface area contributed by atoms with Gasteiger partial charge in [-0.05, 0) is 13.3 Å². The second-order valence-electron chi connectivity index (χ2n) is 5.16. The van der Waals surface area contributed by atoms with Crippen LogP contribution in [-0.2, 0) is 14.8 Å². The largest absolute Gasteiger partial charge is 0.339 e. The first-order chi connectivity index (χ1) is 8.36. The van der Waals surface area contributed by atoms with Crippen LogP contribution in [0.15, 0.2) is 0 Å². The number of hydrogen-bond donors (Lipinski definition) is 1. The van der Waals surface area contributed by atoms with Crippen molar-refractivity contribution in [3.05, 3.63) is 0 Å². The molecule has 1 aliphatic heterocycles. The van der Waals surface area contributed by atoms with Crippen molar-refractivity contribution in [2.75, 3.05) is 6.54 Å². The van der Waals surface area contributed by atoms with E-state index in [9.17, 15) is 13.2 Å². The molecule has 0 aromatic carbocycles. The van der Waals surface area contributed by atoms with Gasteiger partial charge in [-0.2, -0.15) is 0 Å². The van der Waals surface area contributed by atoms with Crippen molar-refractivity contribution in [3.63, 3.8) is 0 Å². The van der Waals surface area contributed by atoms with Crippen molar-refractivity contribution >= 4 is 15.9 Å². The van der Waals surface area contributed by atoms with E-state index >= 15 is 0 Å². The highest BCUT2D eigenvalue weighted by Crippen LogP contribution is 2.21. The van der Waals surface area contributed by atoms with Gasteiger partial charge in [0.2, 0.25) is 15.9 Å². The highest BCUT2D eigenvalue weighted by molar-refractivity contribution is 7.89. The van der Waals surface area contributed by atoms with Gasteiger partial charge in [-0.3, -0.25) is 4.79 Å². The quantitative estimate of drug-likeness (QED) is 0.710. The Hall–Kier alpha value is -0.620. The Bertz CT molecular complexity index is 381. The van der Waals surface area contributed by atoms with Gasteiger partial charge in [-0.25, -0.2) is 13.6 Å². The summed E-state index contributed by atoms with van der Waals surface area (Å²) in [6, 6.07) is 0.112. The van der Waals surface area contributed by atoms with Gasteiger partial charge in [0.05, 0.1) is 0 Å². The minimum Gasteiger partial charge on any atom is -0.339 e. The number of nitrogens with zero attached hydrogens (tertiary/aromatic N) is 1. The van der Waals surface area contributed by atoms with Gasteiger partial charge in [0.1, 0.15) is 5.25 Å². The number of amides is 1. The molecule has 0 aromatic heterocycles. The van der Waals surface area contributed by atoms with E-state index in [1.54, 1.807) is 4.90 Å². The van der Waals surface area contributed by atoms with Crippen LogP contribution in [0.3, 0.4) is 0 Å². The minimum absolute atomic E-state index is 0.0398. The fourth-order valence-electron chi connectivity index (χ4n) is 2.37. The summed E-state index contributed by atoms with van der Waals surface area (Å²) in [5.41, 5.74) is 0. The third-order valence-corrected chi connectivity index (χ3v) is 4.84. The van der Waals surface area contributed by atoms with Crippen molar-refractivity contribution in [2.45, 2.75) is 63.7 Å². The fourth-order valence-corrected chi connectivity index (χ4v) is 3.11. The predicted octanol–water partition coefficient (Wildman–Crippen LogP) is 1.23. The topological polar surface area (TPSA) is 80.5 Å². The zero-order chi connectivity index (χ0) is 13.8. The number of carbonyl (C=O) groups is 1. The lowest BCUT2D eigenvalue weighted by Crippen LogP contribution is -2.37. The first-order valence-electron chi connectivity index (χ1n) is 6.67. The lowest BCUT2D eigenvalue weighted by molar-refractivity contribution is -0.129. The van der Waals surface area contributed by atoms with E-state index in [2.05, 4.69) is 6.92 Å². The number of rotatable bonds is 7. The molecule has 18 heavy (non-hydrogen) atoms. The van der Waals surface area contributed by atoms with Crippen LogP contribution in [0.1, 0.15) is 52.4 Å². The molecule has 0 radical (unpaired) electrons. The molecule has 0 saturated carbocycles. The molecule has 1 fully saturated rings. The van der Waals surface area contributed by atoms with Crippen molar-refractivity contribution in [1.82, 2.24) is 4.90 Å². The van der Waals surface area contributed by atoms with Gasteiger partial charge in [0.25, 0.3) is 0 Å². The number of nitrogens with two attached hydrogens (primary N) is 1. The molecule has 2 unspecified atom stereocenters. The Morgan fingerprint density at radius 2 is 2.06 bits per heavy atom. The Kier molecular flexibility index (Phi) is 5.59. The maximum absolute atomic E-state index is 11.8. The summed E-state index contributed by atoms with van der Waals surface area (Å²) >= 11 is 0. The molecule has 0 aliphatic carbocycles. The highest BCUT2D eigenvalue weighted by Gasteiger charge is 2.38. The van der Waals surface area contributed by atoms with E-state index in [1.165, 1.54) is 19.3 Å². The third kappa shape index (κ3) is 4.24. The van der Waals surface area contributed by atoms with Crippen LogP contribution >= 0.6 is 0 Å². The second-order valence-corrected chi connectivity index (χ2v) is 7.00. The number of carbonyl (C=O) groups excluding carboxylic acids is 1. The van der Waals surface area contributed by atoms with E-state index in [1.807, 2.05) is 6.92 Å². The van der Waals surface area contributed by atoms with Crippen LogP contribution in [0.4, 0.5) is 0 Å². The maximum Gasteiger partial charge on any atom is 0.224 e. The van der Waals surface area contributed by atoms with E-state index in [4.69, 9.17) is 5.14 Å². The number of likely N-dealkylation sites (tertiary alicyclic amines) is 1. The Labute approximate surface area is 110 Å². The maximum atomic E-state index is 11.8. The molecule has 1 saturated heterocycles. The van der Waals surface area contributed by atoms with E-state index in [-0.39, 0.29) is 24.9 Å². The lowest BCUT2D eigenvalue weighted by Gasteiger charge is -2.24.